The van der Waals surface area contributed by atoms with Crippen molar-refractivity contribution in [3.63, 3.8) is 0 Å². The molecule has 6 nitrogen and oxygen atoms in total. The minimum Gasteiger partial charge on any atom is -0.507 e. The number of carbonyl (C=O) groups excluding carboxylic acids is 1. The van der Waals surface area contributed by atoms with Crippen molar-refractivity contribution in [2.75, 3.05) is 0 Å². The first kappa shape index (κ1) is 12.8. The number of halogens is 1. The quantitative estimate of drug-likeness (QED) is 0.727. The molecular formula is C11H11IN4O2. The van der Waals surface area contributed by atoms with Crippen LogP contribution in [-0.4, -0.2) is 26.2 Å². The second-order valence-electron chi connectivity index (χ2n) is 3.73. The summed E-state index contributed by atoms with van der Waals surface area (Å²) in [5.41, 5.74) is 0.402. The third-order valence-electron chi connectivity index (χ3n) is 2.40. The van der Waals surface area contributed by atoms with Crippen LogP contribution in [0.3, 0.4) is 0 Å². The Bertz CT molecular complexity index is 556. The van der Waals surface area contributed by atoms with Crippen LogP contribution >= 0.6 is 22.6 Å². The number of amides is 1. The maximum absolute atomic E-state index is 11.9. The zero-order valence-electron chi connectivity index (χ0n) is 9.51. The number of phenolic OH excluding ortho intramolecular Hbond substituents is 1. The Hall–Kier alpha value is -1.64. The van der Waals surface area contributed by atoms with E-state index in [2.05, 4.69) is 20.5 Å². The molecule has 2 aromatic rings. The Morgan fingerprint density at radius 2 is 2.33 bits per heavy atom. The number of nitrogens with zero attached hydrogens (tertiary/aromatic N) is 2. The van der Waals surface area contributed by atoms with Gasteiger partial charge in [0.15, 0.2) is 0 Å². The van der Waals surface area contributed by atoms with Crippen LogP contribution in [0.15, 0.2) is 24.5 Å². The number of aromatic hydroxyl groups is 1. The van der Waals surface area contributed by atoms with Gasteiger partial charge in [0, 0.05) is 5.56 Å². The number of phenols is 1. The van der Waals surface area contributed by atoms with Gasteiger partial charge in [-0.05, 0) is 47.7 Å². The molecule has 2 rings (SSSR count). The largest absolute Gasteiger partial charge is 0.507 e. The van der Waals surface area contributed by atoms with Crippen LogP contribution in [0.4, 0.5) is 0 Å². The van der Waals surface area contributed by atoms with E-state index in [-0.39, 0.29) is 17.7 Å². The summed E-state index contributed by atoms with van der Waals surface area (Å²) in [7, 11) is 0. The molecule has 3 N–H and O–H groups in total. The molecule has 0 saturated carbocycles. The van der Waals surface area contributed by atoms with Crippen LogP contribution in [0.5, 0.6) is 5.75 Å². The smallest absolute Gasteiger partial charge is 0.251 e. The highest BCUT2D eigenvalue weighted by atomic mass is 127. The molecule has 0 aliphatic carbocycles. The topological polar surface area (TPSA) is 90.9 Å². The monoisotopic (exact) mass is 358 g/mol. The Kier molecular flexibility index (Phi) is 3.80. The van der Waals surface area contributed by atoms with Gasteiger partial charge in [-0.25, -0.2) is 4.98 Å². The number of rotatable bonds is 3. The van der Waals surface area contributed by atoms with E-state index in [9.17, 15) is 9.90 Å². The molecule has 0 fully saturated rings. The summed E-state index contributed by atoms with van der Waals surface area (Å²) in [6.07, 6.45) is 1.38. The minimum atomic E-state index is -0.276. The first-order valence-electron chi connectivity index (χ1n) is 5.22. The van der Waals surface area contributed by atoms with Gasteiger partial charge in [-0.15, -0.1) is 0 Å². The SMILES string of the molecule is CC(NC(=O)c1ccc(I)c(O)c1)c1ncn[nH]1. The van der Waals surface area contributed by atoms with E-state index >= 15 is 0 Å². The third-order valence-corrected chi connectivity index (χ3v) is 3.31. The van der Waals surface area contributed by atoms with E-state index in [0.717, 1.165) is 0 Å². The van der Waals surface area contributed by atoms with Crippen molar-refractivity contribution >= 4 is 28.5 Å². The second kappa shape index (κ2) is 5.34. The Labute approximate surface area is 117 Å². The van der Waals surface area contributed by atoms with E-state index in [1.165, 1.54) is 12.4 Å². The van der Waals surface area contributed by atoms with Gasteiger partial charge in [-0.3, -0.25) is 9.89 Å². The van der Waals surface area contributed by atoms with Crippen LogP contribution in [-0.2, 0) is 0 Å². The predicted octanol–water partition coefficient (Wildman–Crippen LogP) is 1.61. The van der Waals surface area contributed by atoms with Crippen LogP contribution < -0.4 is 5.32 Å². The Morgan fingerprint density at radius 1 is 1.56 bits per heavy atom. The summed E-state index contributed by atoms with van der Waals surface area (Å²) in [6.45, 7) is 1.80. The predicted molar refractivity (Wildman–Crippen MR) is 73.1 cm³/mol. The highest BCUT2D eigenvalue weighted by molar-refractivity contribution is 14.1. The molecule has 18 heavy (non-hydrogen) atoms. The van der Waals surface area contributed by atoms with Gasteiger partial charge in [0.05, 0.1) is 9.61 Å². The minimum absolute atomic E-state index is 0.0931. The average molecular weight is 358 g/mol. The van der Waals surface area contributed by atoms with E-state index < -0.39 is 0 Å². The van der Waals surface area contributed by atoms with Gasteiger partial charge in [0.1, 0.15) is 17.9 Å². The van der Waals surface area contributed by atoms with Crippen LogP contribution in [0, 0.1) is 3.57 Å². The van der Waals surface area contributed by atoms with Crippen molar-refractivity contribution in [2.45, 2.75) is 13.0 Å². The first-order chi connectivity index (χ1) is 8.58. The molecule has 1 amide bonds. The van der Waals surface area contributed by atoms with Gasteiger partial charge >= 0.3 is 0 Å². The van der Waals surface area contributed by atoms with Crippen molar-refractivity contribution in [3.8, 4) is 5.75 Å². The number of carbonyl (C=O) groups is 1. The summed E-state index contributed by atoms with van der Waals surface area (Å²) in [4.78, 5) is 15.9. The molecule has 0 aliphatic rings. The molecule has 0 radical (unpaired) electrons. The number of hydrogen-bond donors (Lipinski definition) is 3. The van der Waals surface area contributed by atoms with Crippen molar-refractivity contribution in [1.82, 2.24) is 20.5 Å². The molecule has 0 bridgehead atoms. The van der Waals surface area contributed by atoms with E-state index in [1.807, 2.05) is 22.6 Å². The van der Waals surface area contributed by atoms with Crippen LogP contribution in [0.25, 0.3) is 0 Å². The summed E-state index contributed by atoms with van der Waals surface area (Å²) in [5.74, 6) is 0.402. The molecular weight excluding hydrogens is 347 g/mol. The molecule has 7 heteroatoms. The standard InChI is InChI=1S/C11H11IN4O2/c1-6(10-13-5-14-16-10)15-11(18)7-2-3-8(12)9(17)4-7/h2-6,17H,1H3,(H,15,18)(H,13,14,16). The lowest BCUT2D eigenvalue weighted by Crippen LogP contribution is -2.27. The molecule has 0 saturated heterocycles. The number of aromatic nitrogens is 3. The molecule has 1 aromatic carbocycles. The highest BCUT2D eigenvalue weighted by Crippen LogP contribution is 2.20. The van der Waals surface area contributed by atoms with Crippen molar-refractivity contribution < 1.29 is 9.90 Å². The zero-order valence-corrected chi connectivity index (χ0v) is 11.7. The lowest BCUT2D eigenvalue weighted by molar-refractivity contribution is 0.0938. The Balaban J connectivity index is 2.10. The van der Waals surface area contributed by atoms with Gasteiger partial charge in [0.2, 0.25) is 0 Å². The number of H-pyrrole nitrogens is 1. The number of nitrogens with one attached hydrogen (secondary N) is 2. The fourth-order valence-corrected chi connectivity index (χ4v) is 1.76. The number of hydrogen-bond acceptors (Lipinski definition) is 4. The number of benzene rings is 1. The van der Waals surface area contributed by atoms with Crippen molar-refractivity contribution in [3.05, 3.63) is 39.5 Å². The second-order valence-corrected chi connectivity index (χ2v) is 4.89. The van der Waals surface area contributed by atoms with E-state index in [1.54, 1.807) is 19.1 Å². The summed E-state index contributed by atoms with van der Waals surface area (Å²) >= 11 is 1.99. The molecule has 1 aromatic heterocycles. The molecule has 1 unspecified atom stereocenters. The van der Waals surface area contributed by atoms with Gasteiger partial charge in [0.25, 0.3) is 5.91 Å². The van der Waals surface area contributed by atoms with E-state index in [4.69, 9.17) is 0 Å². The number of aromatic amines is 1. The lowest BCUT2D eigenvalue weighted by atomic mass is 10.2. The molecule has 1 atom stereocenters. The maximum Gasteiger partial charge on any atom is 0.251 e. The summed E-state index contributed by atoms with van der Waals surface area (Å²) in [5, 5.41) is 18.7. The first-order valence-corrected chi connectivity index (χ1v) is 6.30. The molecule has 0 spiro atoms. The van der Waals surface area contributed by atoms with Crippen molar-refractivity contribution in [2.24, 2.45) is 0 Å². The normalized spacial score (nSPS) is 12.1. The fourth-order valence-electron chi connectivity index (χ4n) is 1.43. The summed E-state index contributed by atoms with van der Waals surface area (Å²) < 4.78 is 0.701. The van der Waals surface area contributed by atoms with Gasteiger partial charge in [-0.2, -0.15) is 5.10 Å². The highest BCUT2D eigenvalue weighted by Gasteiger charge is 2.14. The Morgan fingerprint density at radius 3 is 2.94 bits per heavy atom. The fraction of sp³-hybridized carbons (Fsp3) is 0.182. The lowest BCUT2D eigenvalue weighted by Gasteiger charge is -2.11. The van der Waals surface area contributed by atoms with Gasteiger partial charge in [-0.1, -0.05) is 0 Å². The van der Waals surface area contributed by atoms with Crippen LogP contribution in [0.2, 0.25) is 0 Å². The van der Waals surface area contributed by atoms with Crippen LogP contribution in [0.1, 0.15) is 29.1 Å². The zero-order chi connectivity index (χ0) is 13.1. The maximum atomic E-state index is 11.9. The van der Waals surface area contributed by atoms with Gasteiger partial charge < -0.3 is 10.4 Å². The van der Waals surface area contributed by atoms with E-state index in [0.29, 0.717) is 15.0 Å². The molecule has 94 valence electrons. The molecule has 0 aliphatic heterocycles. The van der Waals surface area contributed by atoms with Crippen molar-refractivity contribution in [1.29, 1.82) is 0 Å². The molecule has 1 heterocycles. The summed E-state index contributed by atoms with van der Waals surface area (Å²) in [6, 6.07) is 4.50. The third kappa shape index (κ3) is 2.78. The average Bonchev–Trinajstić information content (AvgIpc) is 2.86.